The average Bonchev–Trinajstić information content (AvgIpc) is 2.27. The van der Waals surface area contributed by atoms with E-state index in [1.165, 1.54) is 6.07 Å². The molecule has 0 aromatic heterocycles. The summed E-state index contributed by atoms with van der Waals surface area (Å²) in [7, 11) is -4.31. The summed E-state index contributed by atoms with van der Waals surface area (Å²) in [6, 6.07) is 3.38. The van der Waals surface area contributed by atoms with E-state index >= 15 is 0 Å². The van der Waals surface area contributed by atoms with Gasteiger partial charge in [0.2, 0.25) is 5.91 Å². The second-order valence-electron chi connectivity index (χ2n) is 3.21. The number of nitro groups is 1. The smallest absolute Gasteiger partial charge is 0.289 e. The molecule has 1 aromatic rings. The molecular formula is C8H8BrN3O6S. The number of primary amides is 1. The summed E-state index contributed by atoms with van der Waals surface area (Å²) in [6.45, 7) is -0.693. The Morgan fingerprint density at radius 1 is 1.53 bits per heavy atom. The number of rotatable bonds is 6. The van der Waals surface area contributed by atoms with Crippen molar-refractivity contribution in [3.05, 3.63) is 32.8 Å². The van der Waals surface area contributed by atoms with E-state index < -0.39 is 38.0 Å². The minimum absolute atomic E-state index is 0.327. The number of halogens is 1. The molecule has 1 aromatic carbocycles. The highest BCUT2D eigenvalue weighted by atomic mass is 79.9. The molecule has 0 spiro atoms. The van der Waals surface area contributed by atoms with Crippen molar-refractivity contribution in [2.24, 2.45) is 5.73 Å². The average molecular weight is 354 g/mol. The molecule has 0 aliphatic heterocycles. The van der Waals surface area contributed by atoms with Crippen LogP contribution >= 0.6 is 15.9 Å². The van der Waals surface area contributed by atoms with Gasteiger partial charge in [-0.1, -0.05) is 20.8 Å². The summed E-state index contributed by atoms with van der Waals surface area (Å²) in [5.74, 6) is -0.897. The fourth-order valence-corrected chi connectivity index (χ4v) is 2.59. The molecule has 0 atom stereocenters. The number of hydrogen-bond acceptors (Lipinski definition) is 6. The van der Waals surface area contributed by atoms with Gasteiger partial charge in [-0.2, -0.15) is 0 Å². The van der Waals surface area contributed by atoms with Crippen LogP contribution in [-0.4, -0.2) is 25.9 Å². The largest absolute Gasteiger partial charge is 0.368 e. The van der Waals surface area contributed by atoms with Crippen LogP contribution < -0.4 is 10.6 Å². The Bertz CT molecular complexity index is 617. The molecule has 0 radical (unpaired) electrons. The normalized spacial score (nSPS) is 11.2. The van der Waals surface area contributed by atoms with E-state index in [1.54, 1.807) is 4.89 Å². The SMILES string of the molecule is NC(=O)CONS(=O)(=O)c1cc(Br)ccc1[N+](=O)[O-]. The van der Waals surface area contributed by atoms with Crippen LogP contribution in [0.15, 0.2) is 27.6 Å². The van der Waals surface area contributed by atoms with Gasteiger partial charge in [0, 0.05) is 10.5 Å². The van der Waals surface area contributed by atoms with E-state index in [4.69, 9.17) is 5.73 Å². The van der Waals surface area contributed by atoms with Gasteiger partial charge >= 0.3 is 0 Å². The number of hydrogen-bond donors (Lipinski definition) is 2. The monoisotopic (exact) mass is 353 g/mol. The predicted octanol–water partition coefficient (Wildman–Crippen LogP) is 0.0525. The van der Waals surface area contributed by atoms with Crippen molar-refractivity contribution in [2.45, 2.75) is 4.90 Å². The maximum atomic E-state index is 11.8. The zero-order valence-electron chi connectivity index (χ0n) is 9.20. The van der Waals surface area contributed by atoms with Crippen LogP contribution in [0.5, 0.6) is 0 Å². The minimum Gasteiger partial charge on any atom is -0.368 e. The van der Waals surface area contributed by atoms with Gasteiger partial charge in [-0.25, -0.2) is 8.42 Å². The third-order valence-corrected chi connectivity index (χ3v) is 3.53. The van der Waals surface area contributed by atoms with Gasteiger partial charge in [0.1, 0.15) is 6.61 Å². The summed E-state index contributed by atoms with van der Waals surface area (Å²) in [6.07, 6.45) is 0. The lowest BCUT2D eigenvalue weighted by Crippen LogP contribution is -2.29. The van der Waals surface area contributed by atoms with E-state index in [-0.39, 0.29) is 0 Å². The topological polar surface area (TPSA) is 142 Å². The summed E-state index contributed by atoms with van der Waals surface area (Å²) in [5, 5.41) is 10.7. The highest BCUT2D eigenvalue weighted by Gasteiger charge is 2.26. The quantitative estimate of drug-likeness (QED) is 0.546. The summed E-state index contributed by atoms with van der Waals surface area (Å²) in [4.78, 5) is 25.6. The number of carbonyl (C=O) groups is 1. The zero-order valence-corrected chi connectivity index (χ0v) is 11.6. The first kappa shape index (κ1) is 15.5. The first-order valence-corrected chi connectivity index (χ1v) is 6.87. The van der Waals surface area contributed by atoms with Gasteiger partial charge in [0.15, 0.2) is 4.90 Å². The molecule has 11 heteroatoms. The molecule has 0 aliphatic carbocycles. The van der Waals surface area contributed by atoms with Crippen LogP contribution in [0.1, 0.15) is 0 Å². The van der Waals surface area contributed by atoms with Crippen LogP contribution in [0.25, 0.3) is 0 Å². The Hall–Kier alpha value is -1.56. The molecule has 0 saturated heterocycles. The summed E-state index contributed by atoms with van der Waals surface area (Å²) < 4.78 is 23.9. The number of amides is 1. The van der Waals surface area contributed by atoms with Gasteiger partial charge in [-0.3, -0.25) is 19.7 Å². The minimum atomic E-state index is -4.31. The summed E-state index contributed by atoms with van der Waals surface area (Å²) >= 11 is 3.00. The second-order valence-corrected chi connectivity index (χ2v) is 5.74. The Kier molecular flexibility index (Phi) is 4.94. The van der Waals surface area contributed by atoms with Crippen LogP contribution in [-0.2, 0) is 19.7 Å². The maximum Gasteiger partial charge on any atom is 0.289 e. The van der Waals surface area contributed by atoms with Gasteiger partial charge < -0.3 is 5.73 Å². The molecule has 0 bridgehead atoms. The lowest BCUT2D eigenvalue weighted by Gasteiger charge is -2.06. The summed E-state index contributed by atoms with van der Waals surface area (Å²) in [5.41, 5.74) is 4.12. The standard InChI is InChI=1S/C8H8BrN3O6S/c9-5-1-2-6(12(14)15)7(3-5)19(16,17)11-18-4-8(10)13/h1-3,11H,4H2,(H2,10,13). The highest BCUT2D eigenvalue weighted by Crippen LogP contribution is 2.26. The fourth-order valence-electron chi connectivity index (χ4n) is 1.08. The molecule has 0 unspecified atom stereocenters. The predicted molar refractivity (Wildman–Crippen MR) is 66.3 cm³/mol. The second kappa shape index (κ2) is 6.06. The number of nitrogens with two attached hydrogens (primary N) is 1. The molecule has 1 amide bonds. The Morgan fingerprint density at radius 3 is 2.68 bits per heavy atom. The number of benzene rings is 1. The first-order valence-electron chi connectivity index (χ1n) is 4.60. The van der Waals surface area contributed by atoms with Crippen molar-refractivity contribution >= 4 is 37.5 Å². The number of nitrogens with zero attached hydrogens (tertiary/aromatic N) is 1. The number of nitro benzene ring substituents is 1. The highest BCUT2D eigenvalue weighted by molar-refractivity contribution is 9.10. The molecule has 9 nitrogen and oxygen atoms in total. The maximum absolute atomic E-state index is 11.8. The van der Waals surface area contributed by atoms with Crippen molar-refractivity contribution in [1.82, 2.24) is 4.89 Å². The van der Waals surface area contributed by atoms with Gasteiger partial charge in [0.25, 0.3) is 15.7 Å². The Morgan fingerprint density at radius 2 is 2.16 bits per heavy atom. The molecule has 104 valence electrons. The van der Waals surface area contributed by atoms with Crippen molar-refractivity contribution < 1.29 is 23.0 Å². The van der Waals surface area contributed by atoms with Gasteiger partial charge in [0.05, 0.1) is 4.92 Å². The number of sulfonamides is 1. The van der Waals surface area contributed by atoms with Crippen molar-refractivity contribution in [3.8, 4) is 0 Å². The van der Waals surface area contributed by atoms with E-state index in [0.29, 0.717) is 4.47 Å². The van der Waals surface area contributed by atoms with Crippen LogP contribution in [0, 0.1) is 10.1 Å². The molecule has 0 saturated carbocycles. The van der Waals surface area contributed by atoms with Crippen molar-refractivity contribution in [3.63, 3.8) is 0 Å². The Balaban J connectivity index is 3.09. The van der Waals surface area contributed by atoms with E-state index in [9.17, 15) is 23.3 Å². The van der Waals surface area contributed by atoms with E-state index in [0.717, 1.165) is 12.1 Å². The van der Waals surface area contributed by atoms with E-state index in [2.05, 4.69) is 20.8 Å². The number of nitrogens with one attached hydrogen (secondary N) is 1. The molecule has 19 heavy (non-hydrogen) atoms. The number of carbonyl (C=O) groups excluding carboxylic acids is 1. The van der Waals surface area contributed by atoms with Crippen LogP contribution in [0.3, 0.4) is 0 Å². The van der Waals surface area contributed by atoms with Crippen LogP contribution in [0.2, 0.25) is 0 Å². The van der Waals surface area contributed by atoms with E-state index in [1.807, 2.05) is 0 Å². The lowest BCUT2D eigenvalue weighted by atomic mass is 10.3. The Labute approximate surface area is 116 Å². The molecule has 0 fully saturated rings. The first-order chi connectivity index (χ1) is 8.74. The molecule has 1 rings (SSSR count). The van der Waals surface area contributed by atoms with Crippen molar-refractivity contribution in [1.29, 1.82) is 0 Å². The molecule has 3 N–H and O–H groups in total. The van der Waals surface area contributed by atoms with Crippen molar-refractivity contribution in [2.75, 3.05) is 6.61 Å². The molecular weight excluding hydrogens is 346 g/mol. The van der Waals surface area contributed by atoms with Crippen LogP contribution in [0.4, 0.5) is 5.69 Å². The third-order valence-electron chi connectivity index (χ3n) is 1.79. The third kappa shape index (κ3) is 4.24. The van der Waals surface area contributed by atoms with Gasteiger partial charge in [-0.15, -0.1) is 0 Å². The molecule has 0 heterocycles. The fraction of sp³-hybridized carbons (Fsp3) is 0.125. The molecule has 0 aliphatic rings. The lowest BCUT2D eigenvalue weighted by molar-refractivity contribution is -0.387. The van der Waals surface area contributed by atoms with Gasteiger partial charge in [-0.05, 0) is 12.1 Å². The zero-order chi connectivity index (χ0) is 14.6.